The molecule has 2 heteroatoms. The lowest BCUT2D eigenvalue weighted by Gasteiger charge is -2.02. The molecule has 0 aliphatic heterocycles. The minimum absolute atomic E-state index is 0.636. The normalized spacial score (nSPS) is 8.21. The number of nitrogens with zero attached hydrogens (tertiary/aromatic N) is 2. The summed E-state index contributed by atoms with van der Waals surface area (Å²) in [4.78, 5) is 4.20. The van der Waals surface area contributed by atoms with Crippen molar-refractivity contribution in [2.24, 2.45) is 0 Å². The molecule has 100 valence electrons. The van der Waals surface area contributed by atoms with Crippen molar-refractivity contribution in [3.05, 3.63) is 53.9 Å². The van der Waals surface area contributed by atoms with Gasteiger partial charge in [0.25, 0.3) is 0 Å². The smallest absolute Gasteiger partial charge is 0.101 e. The molecule has 19 heavy (non-hydrogen) atoms. The van der Waals surface area contributed by atoms with E-state index in [-0.39, 0.29) is 0 Å². The third-order valence-corrected chi connectivity index (χ3v) is 2.31. The van der Waals surface area contributed by atoms with E-state index in [2.05, 4.69) is 11.1 Å². The summed E-state index contributed by atoms with van der Waals surface area (Å²) in [5.41, 5.74) is 3.48. The SMILES string of the molecule is CC.CC.Cc1ncc(-c2ccccc2)cc1C#N. The number of nitriles is 1. The lowest BCUT2D eigenvalue weighted by molar-refractivity contribution is 1.18. The predicted molar refractivity (Wildman–Crippen MR) is 81.8 cm³/mol. The third-order valence-electron chi connectivity index (χ3n) is 2.31. The Labute approximate surface area is 116 Å². The summed E-state index contributed by atoms with van der Waals surface area (Å²) in [6.45, 7) is 9.84. The maximum atomic E-state index is 8.90. The van der Waals surface area contributed by atoms with Crippen molar-refractivity contribution in [3.8, 4) is 17.2 Å². The molecular weight excluding hydrogens is 232 g/mol. The highest BCUT2D eigenvalue weighted by Gasteiger charge is 2.02. The Morgan fingerprint density at radius 2 is 1.53 bits per heavy atom. The fraction of sp³-hybridized carbons (Fsp3) is 0.294. The van der Waals surface area contributed by atoms with Gasteiger partial charge in [0.2, 0.25) is 0 Å². The van der Waals surface area contributed by atoms with E-state index in [9.17, 15) is 0 Å². The van der Waals surface area contributed by atoms with Crippen LogP contribution in [-0.4, -0.2) is 4.98 Å². The zero-order valence-electron chi connectivity index (χ0n) is 12.4. The molecule has 2 aromatic rings. The number of hydrogen-bond donors (Lipinski definition) is 0. The number of pyridine rings is 1. The van der Waals surface area contributed by atoms with Crippen LogP contribution in [0.25, 0.3) is 11.1 Å². The van der Waals surface area contributed by atoms with E-state index in [0.717, 1.165) is 16.8 Å². The number of aromatic nitrogens is 1. The summed E-state index contributed by atoms with van der Waals surface area (Å²) in [7, 11) is 0. The first kappa shape index (κ1) is 16.9. The van der Waals surface area contributed by atoms with E-state index < -0.39 is 0 Å². The van der Waals surface area contributed by atoms with Gasteiger partial charge in [-0.05, 0) is 18.6 Å². The van der Waals surface area contributed by atoms with Gasteiger partial charge in [-0.2, -0.15) is 5.26 Å². The molecule has 0 N–H and O–H groups in total. The van der Waals surface area contributed by atoms with Crippen molar-refractivity contribution in [1.82, 2.24) is 4.98 Å². The van der Waals surface area contributed by atoms with Gasteiger partial charge in [0.1, 0.15) is 6.07 Å². The Morgan fingerprint density at radius 1 is 0.947 bits per heavy atom. The Morgan fingerprint density at radius 3 is 2.05 bits per heavy atom. The molecule has 0 spiro atoms. The quantitative estimate of drug-likeness (QED) is 0.719. The van der Waals surface area contributed by atoms with Gasteiger partial charge < -0.3 is 0 Å². The molecule has 0 saturated carbocycles. The number of rotatable bonds is 1. The molecule has 1 heterocycles. The van der Waals surface area contributed by atoms with Crippen LogP contribution in [0.4, 0.5) is 0 Å². The van der Waals surface area contributed by atoms with E-state index in [1.807, 2.05) is 71.0 Å². The summed E-state index contributed by atoms with van der Waals surface area (Å²) in [5, 5.41) is 8.90. The summed E-state index contributed by atoms with van der Waals surface area (Å²) in [6, 6.07) is 13.9. The van der Waals surface area contributed by atoms with E-state index in [4.69, 9.17) is 5.26 Å². The van der Waals surface area contributed by atoms with Crippen LogP contribution in [0, 0.1) is 18.3 Å². The molecule has 2 rings (SSSR count). The van der Waals surface area contributed by atoms with Crippen molar-refractivity contribution < 1.29 is 0 Å². The zero-order chi connectivity index (χ0) is 14.7. The zero-order valence-corrected chi connectivity index (χ0v) is 12.4. The second kappa shape index (κ2) is 9.85. The molecule has 1 aromatic carbocycles. The molecule has 0 aliphatic rings. The first-order valence-corrected chi connectivity index (χ1v) is 6.73. The maximum absolute atomic E-state index is 8.90. The highest BCUT2D eigenvalue weighted by Crippen LogP contribution is 2.19. The van der Waals surface area contributed by atoms with Gasteiger partial charge in [-0.3, -0.25) is 4.98 Å². The largest absolute Gasteiger partial charge is 0.260 e. The minimum Gasteiger partial charge on any atom is -0.260 e. The van der Waals surface area contributed by atoms with Gasteiger partial charge in [0.15, 0.2) is 0 Å². The van der Waals surface area contributed by atoms with Crippen LogP contribution in [0.3, 0.4) is 0 Å². The second-order valence-electron chi connectivity index (χ2n) is 3.33. The average molecular weight is 254 g/mol. The topological polar surface area (TPSA) is 36.7 Å². The third kappa shape index (κ3) is 4.93. The summed E-state index contributed by atoms with van der Waals surface area (Å²) in [6.07, 6.45) is 1.80. The molecule has 0 fully saturated rings. The highest BCUT2D eigenvalue weighted by molar-refractivity contribution is 5.64. The lowest BCUT2D eigenvalue weighted by atomic mass is 10.1. The molecule has 2 nitrogen and oxygen atoms in total. The first-order valence-electron chi connectivity index (χ1n) is 6.73. The molecule has 0 radical (unpaired) electrons. The lowest BCUT2D eigenvalue weighted by Crippen LogP contribution is -1.88. The number of benzene rings is 1. The van der Waals surface area contributed by atoms with E-state index in [0.29, 0.717) is 5.56 Å². The van der Waals surface area contributed by atoms with Gasteiger partial charge in [0.05, 0.1) is 11.3 Å². The van der Waals surface area contributed by atoms with Crippen LogP contribution in [0.5, 0.6) is 0 Å². The molecule has 0 aliphatic carbocycles. The van der Waals surface area contributed by atoms with Crippen LogP contribution in [-0.2, 0) is 0 Å². The summed E-state index contributed by atoms with van der Waals surface area (Å²) >= 11 is 0. The van der Waals surface area contributed by atoms with Gasteiger partial charge in [-0.15, -0.1) is 0 Å². The predicted octanol–water partition coefficient (Wildman–Crippen LogP) is 4.98. The average Bonchev–Trinajstić information content (AvgIpc) is 2.52. The molecule has 0 amide bonds. The Bertz CT molecular complexity index is 511. The monoisotopic (exact) mass is 254 g/mol. The summed E-state index contributed by atoms with van der Waals surface area (Å²) in [5.74, 6) is 0. The van der Waals surface area contributed by atoms with Gasteiger partial charge in [0, 0.05) is 11.8 Å². The fourth-order valence-electron chi connectivity index (χ4n) is 1.43. The molecule has 0 bridgehead atoms. The Hall–Kier alpha value is -2.14. The van der Waals surface area contributed by atoms with E-state index >= 15 is 0 Å². The van der Waals surface area contributed by atoms with Crippen LogP contribution in [0.2, 0.25) is 0 Å². The van der Waals surface area contributed by atoms with Crippen LogP contribution in [0.1, 0.15) is 39.0 Å². The maximum Gasteiger partial charge on any atom is 0.101 e. The molecule has 0 unspecified atom stereocenters. The van der Waals surface area contributed by atoms with Crippen molar-refractivity contribution in [2.75, 3.05) is 0 Å². The van der Waals surface area contributed by atoms with Gasteiger partial charge in [-0.25, -0.2) is 0 Å². The summed E-state index contributed by atoms with van der Waals surface area (Å²) < 4.78 is 0. The first-order chi connectivity index (χ1) is 9.31. The van der Waals surface area contributed by atoms with Crippen LogP contribution < -0.4 is 0 Å². The number of hydrogen-bond acceptors (Lipinski definition) is 2. The second-order valence-corrected chi connectivity index (χ2v) is 3.33. The Kier molecular flexibility index (Phi) is 8.74. The molecule has 0 saturated heterocycles. The highest BCUT2D eigenvalue weighted by atomic mass is 14.7. The Balaban J connectivity index is 0.000000741. The fourth-order valence-corrected chi connectivity index (χ4v) is 1.43. The molecule has 1 aromatic heterocycles. The standard InChI is InChI=1S/C13H10N2.2C2H6/c1-10-12(8-14)7-13(9-15-10)11-5-3-2-4-6-11;2*1-2/h2-7,9H,1H3;2*1-2H3. The van der Waals surface area contributed by atoms with Crippen LogP contribution in [0.15, 0.2) is 42.6 Å². The van der Waals surface area contributed by atoms with Crippen molar-refractivity contribution in [1.29, 1.82) is 5.26 Å². The van der Waals surface area contributed by atoms with Crippen LogP contribution >= 0.6 is 0 Å². The molecule has 0 atom stereocenters. The van der Waals surface area contributed by atoms with Crippen molar-refractivity contribution >= 4 is 0 Å². The number of aryl methyl sites for hydroxylation is 1. The van der Waals surface area contributed by atoms with E-state index in [1.54, 1.807) is 6.20 Å². The van der Waals surface area contributed by atoms with Crippen molar-refractivity contribution in [2.45, 2.75) is 34.6 Å². The van der Waals surface area contributed by atoms with Gasteiger partial charge >= 0.3 is 0 Å². The van der Waals surface area contributed by atoms with Crippen molar-refractivity contribution in [3.63, 3.8) is 0 Å². The molecular formula is C17H22N2. The van der Waals surface area contributed by atoms with Gasteiger partial charge in [-0.1, -0.05) is 58.0 Å². The minimum atomic E-state index is 0.636. The van der Waals surface area contributed by atoms with E-state index in [1.165, 1.54) is 0 Å².